The number of fused-ring (bicyclic) bond motifs is 1. The molecule has 19 heavy (non-hydrogen) atoms. The van der Waals surface area contributed by atoms with Crippen LogP contribution < -0.4 is 0 Å². The average molecular weight is 260 g/mol. The van der Waals surface area contributed by atoms with Crippen LogP contribution in [-0.2, 0) is 0 Å². The minimum atomic E-state index is -0.288. The van der Waals surface area contributed by atoms with Gasteiger partial charge in [-0.3, -0.25) is 4.79 Å². The van der Waals surface area contributed by atoms with E-state index in [2.05, 4.69) is 4.98 Å². The molecule has 0 unspecified atom stereocenters. The molecule has 1 aromatic heterocycles. The number of nitrogens with one attached hydrogen (secondary N) is 1. The van der Waals surface area contributed by atoms with Crippen LogP contribution in [0.3, 0.4) is 0 Å². The summed E-state index contributed by atoms with van der Waals surface area (Å²) in [5, 5.41) is 0.487. The molecular formula is C15H17FN2O. The van der Waals surface area contributed by atoms with Gasteiger partial charge in [-0.25, -0.2) is 4.39 Å². The van der Waals surface area contributed by atoms with Crippen molar-refractivity contribution in [2.24, 2.45) is 0 Å². The third-order valence-corrected chi connectivity index (χ3v) is 3.73. The van der Waals surface area contributed by atoms with E-state index in [0.717, 1.165) is 25.9 Å². The van der Waals surface area contributed by atoms with Crippen LogP contribution in [-0.4, -0.2) is 28.9 Å². The number of halogens is 1. The lowest BCUT2D eigenvalue weighted by Crippen LogP contribution is -2.32. The maximum absolute atomic E-state index is 13.6. The molecule has 100 valence electrons. The standard InChI is InChI=1S/C15H17FN2O/c16-12-6-5-7-13-11(12)10-14(17-13)15(19)18-8-3-1-2-4-9-18/h5-7,10,17H,1-4,8-9H2. The summed E-state index contributed by atoms with van der Waals surface area (Å²) in [5.74, 6) is -0.304. The number of H-pyrrole nitrogens is 1. The molecule has 2 heterocycles. The number of hydrogen-bond donors (Lipinski definition) is 1. The van der Waals surface area contributed by atoms with Gasteiger partial charge in [0.1, 0.15) is 11.5 Å². The first-order valence-corrected chi connectivity index (χ1v) is 6.82. The zero-order chi connectivity index (χ0) is 13.2. The van der Waals surface area contributed by atoms with E-state index < -0.39 is 0 Å². The number of aromatic amines is 1. The van der Waals surface area contributed by atoms with E-state index in [1.807, 2.05) is 4.90 Å². The summed E-state index contributed by atoms with van der Waals surface area (Å²) in [4.78, 5) is 17.3. The second-order valence-electron chi connectivity index (χ2n) is 5.09. The molecule has 0 spiro atoms. The maximum atomic E-state index is 13.6. The Labute approximate surface area is 111 Å². The lowest BCUT2D eigenvalue weighted by Gasteiger charge is -2.19. The Morgan fingerprint density at radius 1 is 1.16 bits per heavy atom. The van der Waals surface area contributed by atoms with Crippen LogP contribution >= 0.6 is 0 Å². The fourth-order valence-electron chi connectivity index (χ4n) is 2.68. The second kappa shape index (κ2) is 5.03. The molecule has 1 aliphatic rings. The molecule has 0 radical (unpaired) electrons. The van der Waals surface area contributed by atoms with Crippen molar-refractivity contribution in [3.8, 4) is 0 Å². The molecule has 1 fully saturated rings. The monoisotopic (exact) mass is 260 g/mol. The van der Waals surface area contributed by atoms with E-state index in [1.165, 1.54) is 18.9 Å². The van der Waals surface area contributed by atoms with Crippen molar-refractivity contribution in [1.82, 2.24) is 9.88 Å². The highest BCUT2D eigenvalue weighted by molar-refractivity contribution is 5.98. The van der Waals surface area contributed by atoms with Gasteiger partial charge in [-0.1, -0.05) is 18.9 Å². The molecule has 1 saturated heterocycles. The number of rotatable bonds is 1. The van der Waals surface area contributed by atoms with Crippen LogP contribution in [0.5, 0.6) is 0 Å². The van der Waals surface area contributed by atoms with Crippen LogP contribution in [0, 0.1) is 5.82 Å². The van der Waals surface area contributed by atoms with E-state index >= 15 is 0 Å². The number of benzene rings is 1. The van der Waals surface area contributed by atoms with Crippen LogP contribution in [0.4, 0.5) is 4.39 Å². The van der Waals surface area contributed by atoms with Crippen LogP contribution in [0.25, 0.3) is 10.9 Å². The van der Waals surface area contributed by atoms with Crippen molar-refractivity contribution < 1.29 is 9.18 Å². The van der Waals surface area contributed by atoms with Crippen LogP contribution in [0.15, 0.2) is 24.3 Å². The van der Waals surface area contributed by atoms with Crippen molar-refractivity contribution in [3.05, 3.63) is 35.8 Å². The minimum Gasteiger partial charge on any atom is -0.350 e. The summed E-state index contributed by atoms with van der Waals surface area (Å²) in [6.07, 6.45) is 4.48. The number of hydrogen-bond acceptors (Lipinski definition) is 1. The summed E-state index contributed by atoms with van der Waals surface area (Å²) in [6.45, 7) is 1.60. The highest BCUT2D eigenvalue weighted by atomic mass is 19.1. The van der Waals surface area contributed by atoms with E-state index in [4.69, 9.17) is 0 Å². The van der Waals surface area contributed by atoms with Gasteiger partial charge in [-0.05, 0) is 31.0 Å². The van der Waals surface area contributed by atoms with Gasteiger partial charge in [0.05, 0.1) is 0 Å². The quantitative estimate of drug-likeness (QED) is 0.839. The maximum Gasteiger partial charge on any atom is 0.270 e. The largest absolute Gasteiger partial charge is 0.350 e. The van der Waals surface area contributed by atoms with Gasteiger partial charge in [-0.15, -0.1) is 0 Å². The second-order valence-corrected chi connectivity index (χ2v) is 5.09. The first-order chi connectivity index (χ1) is 9.25. The summed E-state index contributed by atoms with van der Waals surface area (Å²) in [6, 6.07) is 6.47. The zero-order valence-corrected chi connectivity index (χ0v) is 10.8. The highest BCUT2D eigenvalue weighted by Gasteiger charge is 2.19. The Morgan fingerprint density at radius 3 is 2.58 bits per heavy atom. The molecule has 1 aliphatic heterocycles. The molecule has 3 nitrogen and oxygen atoms in total. The van der Waals surface area contributed by atoms with Crippen molar-refractivity contribution in [1.29, 1.82) is 0 Å². The van der Waals surface area contributed by atoms with E-state index in [-0.39, 0.29) is 11.7 Å². The third-order valence-electron chi connectivity index (χ3n) is 3.73. The highest BCUT2D eigenvalue weighted by Crippen LogP contribution is 2.20. The van der Waals surface area contributed by atoms with Crippen molar-refractivity contribution >= 4 is 16.8 Å². The van der Waals surface area contributed by atoms with Crippen molar-refractivity contribution in [2.75, 3.05) is 13.1 Å². The zero-order valence-electron chi connectivity index (χ0n) is 10.8. The fraction of sp³-hybridized carbons (Fsp3) is 0.400. The van der Waals surface area contributed by atoms with E-state index in [9.17, 15) is 9.18 Å². The minimum absolute atomic E-state index is 0.0162. The van der Waals surface area contributed by atoms with E-state index in [1.54, 1.807) is 18.2 Å². The van der Waals surface area contributed by atoms with E-state index in [0.29, 0.717) is 16.6 Å². The van der Waals surface area contributed by atoms with Crippen LogP contribution in [0.1, 0.15) is 36.2 Å². The number of carbonyl (C=O) groups excluding carboxylic acids is 1. The van der Waals surface area contributed by atoms with Gasteiger partial charge in [0.2, 0.25) is 0 Å². The van der Waals surface area contributed by atoms with Gasteiger partial charge < -0.3 is 9.88 Å². The first-order valence-electron chi connectivity index (χ1n) is 6.82. The Balaban J connectivity index is 1.90. The normalized spacial score (nSPS) is 16.6. The van der Waals surface area contributed by atoms with Gasteiger partial charge in [0, 0.05) is 24.0 Å². The van der Waals surface area contributed by atoms with Gasteiger partial charge in [0.25, 0.3) is 5.91 Å². The molecule has 1 amide bonds. The van der Waals surface area contributed by atoms with Gasteiger partial charge >= 0.3 is 0 Å². The van der Waals surface area contributed by atoms with Crippen LogP contribution in [0.2, 0.25) is 0 Å². The molecule has 4 heteroatoms. The molecule has 1 aromatic carbocycles. The predicted molar refractivity (Wildman–Crippen MR) is 72.6 cm³/mol. The molecule has 0 bridgehead atoms. The lowest BCUT2D eigenvalue weighted by molar-refractivity contribution is 0.0757. The topological polar surface area (TPSA) is 36.1 Å². The van der Waals surface area contributed by atoms with Crippen molar-refractivity contribution in [3.63, 3.8) is 0 Å². The third kappa shape index (κ3) is 2.35. The summed E-state index contributed by atoms with van der Waals surface area (Å²) in [5.41, 5.74) is 1.17. The Bertz CT molecular complexity index is 597. The molecule has 2 aromatic rings. The summed E-state index contributed by atoms with van der Waals surface area (Å²) < 4.78 is 13.6. The number of aromatic nitrogens is 1. The number of amides is 1. The first kappa shape index (κ1) is 12.2. The molecule has 0 atom stereocenters. The number of carbonyl (C=O) groups is 1. The average Bonchev–Trinajstić information content (AvgIpc) is 2.67. The Kier molecular flexibility index (Phi) is 3.23. The fourth-order valence-corrected chi connectivity index (χ4v) is 2.68. The predicted octanol–water partition coefficient (Wildman–Crippen LogP) is 3.32. The smallest absolute Gasteiger partial charge is 0.270 e. The lowest BCUT2D eigenvalue weighted by atomic mass is 10.2. The van der Waals surface area contributed by atoms with Crippen molar-refractivity contribution in [2.45, 2.75) is 25.7 Å². The molecule has 1 N–H and O–H groups in total. The Hall–Kier alpha value is -1.84. The molecule has 3 rings (SSSR count). The number of nitrogens with zero attached hydrogens (tertiary/aromatic N) is 1. The molecular weight excluding hydrogens is 243 g/mol. The molecule has 0 saturated carbocycles. The SMILES string of the molecule is O=C(c1cc2c(F)cccc2[nH]1)N1CCCCCC1. The van der Waals surface area contributed by atoms with Gasteiger partial charge in [0.15, 0.2) is 0 Å². The van der Waals surface area contributed by atoms with Gasteiger partial charge in [-0.2, -0.15) is 0 Å². The molecule has 0 aliphatic carbocycles. The summed E-state index contributed by atoms with van der Waals surface area (Å²) in [7, 11) is 0. The number of likely N-dealkylation sites (tertiary alicyclic amines) is 1. The Morgan fingerprint density at radius 2 is 1.89 bits per heavy atom. The summed E-state index contributed by atoms with van der Waals surface area (Å²) >= 11 is 0.